The molecule has 0 fully saturated rings. The van der Waals surface area contributed by atoms with E-state index in [1.54, 1.807) is 52.8 Å². The van der Waals surface area contributed by atoms with Gasteiger partial charge in [-0.05, 0) is 39.0 Å². The van der Waals surface area contributed by atoms with E-state index >= 15 is 0 Å². The van der Waals surface area contributed by atoms with Crippen LogP contribution < -0.4 is 14.8 Å². The van der Waals surface area contributed by atoms with Crippen LogP contribution in [0.1, 0.15) is 20.8 Å². The van der Waals surface area contributed by atoms with Gasteiger partial charge in [-0.15, -0.1) is 11.3 Å². The molecule has 3 rings (SSSR count). The predicted molar refractivity (Wildman–Crippen MR) is 112 cm³/mol. The van der Waals surface area contributed by atoms with Crippen molar-refractivity contribution in [3.8, 4) is 33.5 Å². The van der Waals surface area contributed by atoms with Crippen molar-refractivity contribution in [2.75, 3.05) is 19.5 Å². The Morgan fingerprint density at radius 1 is 1.03 bits per heavy atom. The van der Waals surface area contributed by atoms with E-state index in [4.69, 9.17) is 14.2 Å². The number of hydrogen-bond acceptors (Lipinski definition) is 8. The molecule has 0 unspecified atom stereocenters. The van der Waals surface area contributed by atoms with Gasteiger partial charge >= 0.3 is 6.09 Å². The number of carbonyl (C=O) groups excluding carboxylic acids is 1. The van der Waals surface area contributed by atoms with Crippen LogP contribution in [0.25, 0.3) is 22.0 Å². The van der Waals surface area contributed by atoms with E-state index in [9.17, 15) is 4.79 Å². The van der Waals surface area contributed by atoms with Crippen LogP contribution in [0.15, 0.2) is 36.0 Å². The van der Waals surface area contributed by atoms with Crippen LogP contribution in [-0.4, -0.2) is 40.9 Å². The first-order valence-electron chi connectivity index (χ1n) is 8.79. The van der Waals surface area contributed by atoms with E-state index < -0.39 is 11.7 Å². The highest BCUT2D eigenvalue weighted by atomic mass is 32.1. The summed E-state index contributed by atoms with van der Waals surface area (Å²) in [7, 11) is 3.17. The monoisotopic (exact) mass is 414 g/mol. The van der Waals surface area contributed by atoms with Gasteiger partial charge in [0, 0.05) is 10.9 Å². The van der Waals surface area contributed by atoms with E-state index in [2.05, 4.69) is 20.3 Å². The molecular formula is C20H22N4O4S. The standard InChI is InChI=1S/C20H22N4O4S/c1-20(2,3)28-19(25)24-17-11-29-18(23-17)14-10-21-9-13(22-14)12-6-7-15(26-4)16(8-12)27-5/h6-11H,1-5H3,(H,24,25). The number of carbonyl (C=O) groups is 1. The zero-order chi connectivity index (χ0) is 21.0. The lowest BCUT2D eigenvalue weighted by atomic mass is 10.1. The number of ether oxygens (including phenoxy) is 3. The molecule has 0 aliphatic rings. The third-order valence-corrected chi connectivity index (χ3v) is 4.53. The maximum atomic E-state index is 11.9. The minimum absolute atomic E-state index is 0.401. The van der Waals surface area contributed by atoms with Gasteiger partial charge in [0.25, 0.3) is 0 Å². The molecule has 0 aliphatic heterocycles. The maximum Gasteiger partial charge on any atom is 0.413 e. The highest BCUT2D eigenvalue weighted by Crippen LogP contribution is 2.32. The third-order valence-electron chi connectivity index (χ3n) is 3.67. The number of rotatable bonds is 5. The number of nitrogens with one attached hydrogen (secondary N) is 1. The van der Waals surface area contributed by atoms with Crippen LogP contribution in [0.2, 0.25) is 0 Å². The molecule has 0 saturated carbocycles. The van der Waals surface area contributed by atoms with Gasteiger partial charge in [-0.1, -0.05) is 0 Å². The summed E-state index contributed by atoms with van der Waals surface area (Å²) >= 11 is 1.35. The summed E-state index contributed by atoms with van der Waals surface area (Å²) in [6.07, 6.45) is 2.73. The fraction of sp³-hybridized carbons (Fsp3) is 0.300. The molecule has 0 radical (unpaired) electrons. The summed E-state index contributed by atoms with van der Waals surface area (Å²) in [5.41, 5.74) is 1.52. The molecule has 0 bridgehead atoms. The van der Waals surface area contributed by atoms with Crippen LogP contribution in [0.3, 0.4) is 0 Å². The Labute approximate surface area is 172 Å². The van der Waals surface area contributed by atoms with Crippen LogP contribution >= 0.6 is 11.3 Å². The number of anilines is 1. The fourth-order valence-electron chi connectivity index (χ4n) is 2.46. The predicted octanol–water partition coefficient (Wildman–Crippen LogP) is 4.63. The highest BCUT2D eigenvalue weighted by molar-refractivity contribution is 7.13. The summed E-state index contributed by atoms with van der Waals surface area (Å²) in [4.78, 5) is 25.2. The van der Waals surface area contributed by atoms with E-state index in [-0.39, 0.29) is 0 Å². The van der Waals surface area contributed by atoms with Crippen LogP contribution in [0, 0.1) is 0 Å². The molecule has 1 aromatic carbocycles. The van der Waals surface area contributed by atoms with Gasteiger partial charge in [0.15, 0.2) is 11.5 Å². The molecule has 0 saturated heterocycles. The second kappa shape index (κ2) is 8.44. The molecule has 9 heteroatoms. The summed E-state index contributed by atoms with van der Waals surface area (Å²) in [6.45, 7) is 5.40. The zero-order valence-electron chi connectivity index (χ0n) is 16.8. The van der Waals surface area contributed by atoms with Gasteiger partial charge in [-0.3, -0.25) is 10.3 Å². The van der Waals surface area contributed by atoms with Gasteiger partial charge in [0.05, 0.1) is 32.3 Å². The average Bonchev–Trinajstić information content (AvgIpc) is 3.14. The van der Waals surface area contributed by atoms with Crippen molar-refractivity contribution in [1.29, 1.82) is 0 Å². The van der Waals surface area contributed by atoms with E-state index in [0.717, 1.165) is 5.56 Å². The first-order valence-corrected chi connectivity index (χ1v) is 9.67. The van der Waals surface area contributed by atoms with Crippen molar-refractivity contribution in [3.05, 3.63) is 36.0 Å². The maximum absolute atomic E-state index is 11.9. The molecule has 0 aliphatic carbocycles. The molecule has 0 atom stereocenters. The van der Waals surface area contributed by atoms with Crippen molar-refractivity contribution < 1.29 is 19.0 Å². The Bertz CT molecular complexity index is 1010. The Kier molecular flexibility index (Phi) is 5.97. The Morgan fingerprint density at radius 3 is 2.45 bits per heavy atom. The number of amides is 1. The minimum Gasteiger partial charge on any atom is -0.493 e. The second-order valence-corrected chi connectivity index (χ2v) is 7.88. The number of nitrogens with zero attached hydrogens (tertiary/aromatic N) is 3. The van der Waals surface area contributed by atoms with Gasteiger partial charge in [0.1, 0.15) is 22.1 Å². The highest BCUT2D eigenvalue weighted by Gasteiger charge is 2.18. The van der Waals surface area contributed by atoms with Gasteiger partial charge < -0.3 is 14.2 Å². The second-order valence-electron chi connectivity index (χ2n) is 7.02. The Balaban J connectivity index is 1.82. The van der Waals surface area contributed by atoms with Crippen LogP contribution in [0.4, 0.5) is 10.6 Å². The number of benzene rings is 1. The van der Waals surface area contributed by atoms with Crippen molar-refractivity contribution in [2.45, 2.75) is 26.4 Å². The lowest BCUT2D eigenvalue weighted by Crippen LogP contribution is -2.27. The van der Waals surface area contributed by atoms with Gasteiger partial charge in [0.2, 0.25) is 0 Å². The van der Waals surface area contributed by atoms with E-state index in [0.29, 0.717) is 33.7 Å². The van der Waals surface area contributed by atoms with Gasteiger partial charge in [-0.25, -0.2) is 14.8 Å². The Morgan fingerprint density at radius 2 is 1.76 bits per heavy atom. The lowest BCUT2D eigenvalue weighted by Gasteiger charge is -2.19. The summed E-state index contributed by atoms with van der Waals surface area (Å²) < 4.78 is 15.9. The largest absolute Gasteiger partial charge is 0.493 e. The molecule has 2 aromatic heterocycles. The number of thiazole rings is 1. The molecule has 3 aromatic rings. The van der Waals surface area contributed by atoms with Crippen molar-refractivity contribution in [2.24, 2.45) is 0 Å². The van der Waals surface area contributed by atoms with Crippen LogP contribution in [0.5, 0.6) is 11.5 Å². The molecule has 29 heavy (non-hydrogen) atoms. The fourth-order valence-corrected chi connectivity index (χ4v) is 3.17. The molecule has 152 valence electrons. The van der Waals surface area contributed by atoms with Crippen molar-refractivity contribution >= 4 is 23.2 Å². The summed E-state index contributed by atoms with van der Waals surface area (Å²) in [5.74, 6) is 1.64. The third kappa shape index (κ3) is 5.20. The molecule has 1 N–H and O–H groups in total. The van der Waals surface area contributed by atoms with Gasteiger partial charge in [-0.2, -0.15) is 0 Å². The number of hydrogen-bond donors (Lipinski definition) is 1. The quantitative estimate of drug-likeness (QED) is 0.650. The Hall–Kier alpha value is -3.20. The molecular weight excluding hydrogens is 392 g/mol. The molecule has 2 heterocycles. The van der Waals surface area contributed by atoms with E-state index in [1.165, 1.54) is 11.3 Å². The van der Waals surface area contributed by atoms with Crippen LogP contribution in [-0.2, 0) is 4.74 Å². The van der Waals surface area contributed by atoms with E-state index in [1.807, 2.05) is 18.2 Å². The SMILES string of the molecule is COc1ccc(-c2cncc(-c3nc(NC(=O)OC(C)(C)C)cs3)n2)cc1OC. The smallest absolute Gasteiger partial charge is 0.413 e. The minimum atomic E-state index is -0.581. The first-order chi connectivity index (χ1) is 13.8. The molecule has 1 amide bonds. The van der Waals surface area contributed by atoms with Crippen molar-refractivity contribution in [3.63, 3.8) is 0 Å². The first kappa shape index (κ1) is 20.5. The number of methoxy groups -OCH3 is 2. The zero-order valence-corrected chi connectivity index (χ0v) is 17.7. The van der Waals surface area contributed by atoms with Crippen molar-refractivity contribution in [1.82, 2.24) is 15.0 Å². The normalized spacial score (nSPS) is 11.1. The molecule has 8 nitrogen and oxygen atoms in total. The number of aromatic nitrogens is 3. The summed E-state index contributed by atoms with van der Waals surface area (Å²) in [6, 6.07) is 5.53. The topological polar surface area (TPSA) is 95.5 Å². The molecule has 0 spiro atoms. The lowest BCUT2D eigenvalue weighted by molar-refractivity contribution is 0.0635. The average molecular weight is 414 g/mol. The summed E-state index contributed by atoms with van der Waals surface area (Å²) in [5, 5.41) is 4.98.